The van der Waals surface area contributed by atoms with Gasteiger partial charge < -0.3 is 10.6 Å². The second-order valence-corrected chi connectivity index (χ2v) is 5.06. The Morgan fingerprint density at radius 2 is 2.37 bits per heavy atom. The minimum absolute atomic E-state index is 0.0881. The van der Waals surface area contributed by atoms with Crippen LogP contribution in [-0.2, 0) is 11.2 Å². The van der Waals surface area contributed by atoms with Gasteiger partial charge >= 0.3 is 0 Å². The van der Waals surface area contributed by atoms with Gasteiger partial charge in [-0.2, -0.15) is 0 Å². The van der Waals surface area contributed by atoms with Crippen molar-refractivity contribution in [1.29, 1.82) is 0 Å². The summed E-state index contributed by atoms with van der Waals surface area (Å²) in [5.41, 5.74) is 0.915. The summed E-state index contributed by atoms with van der Waals surface area (Å²) in [4.78, 5) is 11.6. The molecule has 0 spiro atoms. The zero-order valence-electron chi connectivity index (χ0n) is 11.1. The molecule has 1 amide bonds. The number of amides is 1. The van der Waals surface area contributed by atoms with Crippen LogP contribution in [0.5, 0.6) is 0 Å². The summed E-state index contributed by atoms with van der Waals surface area (Å²) in [5.74, 6) is -0.138. The van der Waals surface area contributed by atoms with Gasteiger partial charge in [0.15, 0.2) is 0 Å². The van der Waals surface area contributed by atoms with Gasteiger partial charge in [0, 0.05) is 19.0 Å². The fourth-order valence-electron chi connectivity index (χ4n) is 2.44. The minimum atomic E-state index is -0.226. The highest BCUT2D eigenvalue weighted by molar-refractivity contribution is 5.75. The van der Waals surface area contributed by atoms with Crippen LogP contribution in [0.3, 0.4) is 0 Å². The molecule has 0 radical (unpaired) electrons. The number of hydrogen-bond acceptors (Lipinski definition) is 2. The van der Waals surface area contributed by atoms with Crippen molar-refractivity contribution in [2.75, 3.05) is 13.1 Å². The molecule has 1 unspecified atom stereocenters. The minimum Gasteiger partial charge on any atom is -0.356 e. The van der Waals surface area contributed by atoms with E-state index in [1.807, 2.05) is 6.07 Å². The quantitative estimate of drug-likeness (QED) is 0.825. The Morgan fingerprint density at radius 3 is 3.11 bits per heavy atom. The lowest BCUT2D eigenvalue weighted by Crippen LogP contribution is -2.28. The van der Waals surface area contributed by atoms with Crippen molar-refractivity contribution in [3.63, 3.8) is 0 Å². The number of carbonyl (C=O) groups excluding carboxylic acids is 1. The van der Waals surface area contributed by atoms with E-state index in [1.165, 1.54) is 25.0 Å². The lowest BCUT2D eigenvalue weighted by molar-refractivity contribution is -0.121. The number of halogens is 1. The highest BCUT2D eigenvalue weighted by Gasteiger charge is 2.14. The molecule has 1 aromatic carbocycles. The molecule has 0 bridgehead atoms. The largest absolute Gasteiger partial charge is 0.356 e. The number of carbonyl (C=O) groups is 1. The predicted molar refractivity (Wildman–Crippen MR) is 73.4 cm³/mol. The van der Waals surface area contributed by atoms with E-state index in [0.29, 0.717) is 25.4 Å². The second-order valence-electron chi connectivity index (χ2n) is 5.06. The highest BCUT2D eigenvalue weighted by Crippen LogP contribution is 2.10. The summed E-state index contributed by atoms with van der Waals surface area (Å²) < 4.78 is 13.0. The number of benzene rings is 1. The van der Waals surface area contributed by atoms with E-state index < -0.39 is 0 Å². The molecule has 1 aliphatic heterocycles. The molecule has 1 aliphatic rings. The first-order valence-electron chi connectivity index (χ1n) is 6.98. The van der Waals surface area contributed by atoms with Crippen molar-refractivity contribution in [3.8, 4) is 0 Å². The van der Waals surface area contributed by atoms with Crippen LogP contribution >= 0.6 is 0 Å². The first kappa shape index (κ1) is 14.0. The van der Waals surface area contributed by atoms with Gasteiger partial charge in [0.25, 0.3) is 0 Å². The number of hydrogen-bond donors (Lipinski definition) is 2. The molecule has 2 N–H and O–H groups in total. The molecular formula is C15H21FN2O. The zero-order valence-corrected chi connectivity index (χ0v) is 11.1. The Bertz CT molecular complexity index is 416. The van der Waals surface area contributed by atoms with E-state index in [2.05, 4.69) is 10.6 Å². The fourth-order valence-corrected chi connectivity index (χ4v) is 2.44. The normalized spacial score (nSPS) is 18.5. The predicted octanol–water partition coefficient (Wildman–Crippen LogP) is 2.02. The van der Waals surface area contributed by atoms with Crippen LogP contribution in [0.1, 0.15) is 31.2 Å². The smallest absolute Gasteiger partial charge is 0.220 e. The van der Waals surface area contributed by atoms with Gasteiger partial charge in [-0.05, 0) is 49.9 Å². The Balaban J connectivity index is 1.60. The fraction of sp³-hybridized carbons (Fsp3) is 0.533. The zero-order chi connectivity index (χ0) is 13.5. The topological polar surface area (TPSA) is 41.1 Å². The number of rotatable bonds is 6. The molecule has 0 saturated carbocycles. The van der Waals surface area contributed by atoms with E-state index in [0.717, 1.165) is 18.5 Å². The van der Waals surface area contributed by atoms with Crippen LogP contribution < -0.4 is 10.6 Å². The summed E-state index contributed by atoms with van der Waals surface area (Å²) in [6.07, 6.45) is 4.54. The lowest BCUT2D eigenvalue weighted by Gasteiger charge is -2.10. The standard InChI is InChI=1S/C15H21FN2O/c16-13-4-1-3-12(11-13)8-10-18-15(19)7-6-14-5-2-9-17-14/h1,3-4,11,14,17H,2,5-10H2,(H,18,19). The maximum atomic E-state index is 13.0. The van der Waals surface area contributed by atoms with Crippen molar-refractivity contribution >= 4 is 5.91 Å². The lowest BCUT2D eigenvalue weighted by atomic mass is 10.1. The van der Waals surface area contributed by atoms with E-state index >= 15 is 0 Å². The van der Waals surface area contributed by atoms with Crippen molar-refractivity contribution in [2.45, 2.75) is 38.1 Å². The van der Waals surface area contributed by atoms with Gasteiger partial charge in [-0.25, -0.2) is 4.39 Å². The van der Waals surface area contributed by atoms with Gasteiger partial charge in [0.05, 0.1) is 0 Å². The average Bonchev–Trinajstić information content (AvgIpc) is 2.89. The Morgan fingerprint density at radius 1 is 1.47 bits per heavy atom. The van der Waals surface area contributed by atoms with Crippen LogP contribution in [0.4, 0.5) is 4.39 Å². The van der Waals surface area contributed by atoms with Crippen LogP contribution in [0, 0.1) is 5.82 Å². The summed E-state index contributed by atoms with van der Waals surface area (Å²) in [5, 5.41) is 6.26. The molecule has 104 valence electrons. The molecule has 4 heteroatoms. The van der Waals surface area contributed by atoms with Crippen LogP contribution in [0.2, 0.25) is 0 Å². The molecule has 1 fully saturated rings. The van der Waals surface area contributed by atoms with E-state index in [4.69, 9.17) is 0 Å². The van der Waals surface area contributed by atoms with Gasteiger partial charge in [-0.15, -0.1) is 0 Å². The third-order valence-corrected chi connectivity index (χ3v) is 3.51. The third kappa shape index (κ3) is 4.99. The van der Waals surface area contributed by atoms with Gasteiger partial charge in [-0.3, -0.25) is 4.79 Å². The monoisotopic (exact) mass is 264 g/mol. The molecule has 3 nitrogen and oxygen atoms in total. The van der Waals surface area contributed by atoms with Crippen LogP contribution in [-0.4, -0.2) is 25.0 Å². The van der Waals surface area contributed by atoms with Gasteiger partial charge in [-0.1, -0.05) is 12.1 Å². The molecule has 1 atom stereocenters. The third-order valence-electron chi connectivity index (χ3n) is 3.51. The molecule has 0 aromatic heterocycles. The van der Waals surface area contributed by atoms with Crippen LogP contribution in [0.15, 0.2) is 24.3 Å². The van der Waals surface area contributed by atoms with Crippen molar-refractivity contribution in [3.05, 3.63) is 35.6 Å². The molecule has 0 aliphatic carbocycles. The maximum Gasteiger partial charge on any atom is 0.220 e. The SMILES string of the molecule is O=C(CCC1CCCN1)NCCc1cccc(F)c1. The Hall–Kier alpha value is -1.42. The van der Waals surface area contributed by atoms with Crippen LogP contribution in [0.25, 0.3) is 0 Å². The van der Waals surface area contributed by atoms with E-state index in [1.54, 1.807) is 6.07 Å². The van der Waals surface area contributed by atoms with Crippen molar-refractivity contribution < 1.29 is 9.18 Å². The summed E-state index contributed by atoms with van der Waals surface area (Å²) in [6.45, 7) is 1.65. The Labute approximate surface area is 113 Å². The molecule has 1 heterocycles. The second kappa shape index (κ2) is 7.24. The molecule has 1 aromatic rings. The van der Waals surface area contributed by atoms with Gasteiger partial charge in [0.2, 0.25) is 5.91 Å². The molecule has 2 rings (SSSR count). The highest BCUT2D eigenvalue weighted by atomic mass is 19.1. The number of nitrogens with one attached hydrogen (secondary N) is 2. The Kier molecular flexibility index (Phi) is 5.33. The molecule has 1 saturated heterocycles. The summed E-state index contributed by atoms with van der Waals surface area (Å²) >= 11 is 0. The van der Waals surface area contributed by atoms with E-state index in [9.17, 15) is 9.18 Å². The maximum absolute atomic E-state index is 13.0. The van der Waals surface area contributed by atoms with Crippen molar-refractivity contribution in [2.24, 2.45) is 0 Å². The summed E-state index contributed by atoms with van der Waals surface area (Å²) in [7, 11) is 0. The summed E-state index contributed by atoms with van der Waals surface area (Å²) in [6, 6.07) is 7.01. The first-order chi connectivity index (χ1) is 9.24. The molecular weight excluding hydrogens is 243 g/mol. The van der Waals surface area contributed by atoms with Crippen molar-refractivity contribution in [1.82, 2.24) is 10.6 Å². The van der Waals surface area contributed by atoms with Gasteiger partial charge in [0.1, 0.15) is 5.82 Å². The molecule has 19 heavy (non-hydrogen) atoms. The van der Waals surface area contributed by atoms with E-state index in [-0.39, 0.29) is 11.7 Å². The average molecular weight is 264 g/mol. The first-order valence-corrected chi connectivity index (χ1v) is 6.98.